The number of rotatable bonds is 16. The summed E-state index contributed by atoms with van der Waals surface area (Å²) >= 11 is 0. The third kappa shape index (κ3) is 12.2. The molecule has 0 saturated carbocycles. The molecule has 0 atom stereocenters. The van der Waals surface area contributed by atoms with Crippen molar-refractivity contribution in [1.82, 2.24) is 0 Å². The Hall–Kier alpha value is -4.90. The zero-order chi connectivity index (χ0) is 35.9. The Morgan fingerprint density at radius 1 is 0.520 bits per heavy atom. The Bertz CT molecular complexity index is 1400. The summed E-state index contributed by atoms with van der Waals surface area (Å²) < 4.78 is 18.6. The van der Waals surface area contributed by atoms with Crippen LogP contribution in [-0.4, -0.2) is 40.4 Å². The lowest BCUT2D eigenvalue weighted by Crippen LogP contribution is -2.48. The van der Waals surface area contributed by atoms with Gasteiger partial charge in [-0.05, 0) is 69.4 Å². The van der Waals surface area contributed by atoms with Gasteiger partial charge in [0.25, 0.3) is 0 Å². The number of pyridine rings is 2. The molecule has 0 spiro atoms. The first-order valence-electron chi connectivity index (χ1n) is 17.1. The van der Waals surface area contributed by atoms with E-state index in [1.165, 1.54) is 16.7 Å². The van der Waals surface area contributed by atoms with Crippen molar-refractivity contribution in [2.24, 2.45) is 0 Å². The molecule has 0 aliphatic heterocycles. The van der Waals surface area contributed by atoms with Gasteiger partial charge in [0, 0.05) is 33.6 Å². The molecule has 0 bridgehead atoms. The Morgan fingerprint density at radius 2 is 0.900 bits per heavy atom. The smallest absolute Gasteiger partial charge is 0.416 e. The topological polar surface area (TPSA) is 100 Å². The maximum absolute atomic E-state index is 10.7. The lowest BCUT2D eigenvalue weighted by Gasteiger charge is -2.37. The maximum atomic E-state index is 10.7. The molecule has 2 heterocycles. The first-order valence-corrected chi connectivity index (χ1v) is 17.1. The maximum Gasteiger partial charge on any atom is 0.416 e. The van der Waals surface area contributed by atoms with Gasteiger partial charge in [-0.1, -0.05) is 91.0 Å². The second kappa shape index (κ2) is 22.7. The van der Waals surface area contributed by atoms with Crippen LogP contribution in [0.4, 0.5) is 0 Å². The highest BCUT2D eigenvalue weighted by atomic mass is 16.7. The number of nitrogens with zero attached hydrogens (tertiary/aromatic N) is 2. The molecule has 264 valence electrons. The number of aromatic nitrogens is 2. The van der Waals surface area contributed by atoms with Crippen LogP contribution in [0.3, 0.4) is 0 Å². The molecule has 2 aromatic heterocycles. The third-order valence-corrected chi connectivity index (χ3v) is 7.45. The van der Waals surface area contributed by atoms with Crippen molar-refractivity contribution in [2.45, 2.75) is 46.0 Å². The number of benzene rings is 3. The van der Waals surface area contributed by atoms with Gasteiger partial charge < -0.3 is 24.2 Å². The minimum Gasteiger partial charge on any atom is -0.871 e. The second-order valence-electron chi connectivity index (χ2n) is 10.7. The average Bonchev–Trinajstić information content (AvgIpc) is 3.15. The molecule has 0 unspecified atom stereocenters. The van der Waals surface area contributed by atoms with Crippen molar-refractivity contribution in [3.8, 4) is 11.8 Å². The fourth-order valence-corrected chi connectivity index (χ4v) is 5.45. The lowest BCUT2D eigenvalue weighted by molar-refractivity contribution is -0.892. The van der Waals surface area contributed by atoms with Crippen molar-refractivity contribution in [3.05, 3.63) is 156 Å². The summed E-state index contributed by atoms with van der Waals surface area (Å²) in [5.74, 6) is 1.48. The van der Waals surface area contributed by atoms with Gasteiger partial charge in [-0.25, -0.2) is 0 Å². The van der Waals surface area contributed by atoms with E-state index in [1.807, 2.05) is 131 Å². The number of hydrogen-bond donors (Lipinski definition) is 0. The van der Waals surface area contributed by atoms with Crippen LogP contribution in [0.15, 0.2) is 140 Å². The van der Waals surface area contributed by atoms with Crippen LogP contribution in [0, 0.1) is 0 Å². The van der Waals surface area contributed by atoms with E-state index in [4.69, 9.17) is 23.8 Å². The van der Waals surface area contributed by atoms with Crippen LogP contribution in [-0.2, 0) is 10.1 Å². The number of ether oxygens (including phenoxy) is 2. The van der Waals surface area contributed by atoms with E-state index in [9.17, 15) is 10.0 Å². The zero-order valence-corrected chi connectivity index (χ0v) is 29.6. The Balaban J connectivity index is 0.000000234. The van der Waals surface area contributed by atoms with Crippen LogP contribution in [0.25, 0.3) is 0 Å². The predicted molar refractivity (Wildman–Crippen MR) is 190 cm³/mol. The normalized spacial score (nSPS) is 10.4. The molecule has 9 nitrogen and oxygen atoms in total. The molecule has 0 fully saturated rings. The first kappa shape index (κ1) is 39.5. The fraction of sp³-hybridized carbons (Fsp3) is 0.300. The molecule has 50 heavy (non-hydrogen) atoms. The highest BCUT2D eigenvalue weighted by Crippen LogP contribution is 2.42. The lowest BCUT2D eigenvalue weighted by atomic mass is 9.67. The third-order valence-electron chi connectivity index (χ3n) is 7.45. The van der Waals surface area contributed by atoms with Gasteiger partial charge >= 0.3 is 11.8 Å². The van der Waals surface area contributed by atoms with Crippen LogP contribution in [0.2, 0.25) is 0 Å². The summed E-state index contributed by atoms with van der Waals surface area (Å²) in [5.41, 5.74) is 3.17. The van der Waals surface area contributed by atoms with E-state index < -0.39 is 7.32 Å². The van der Waals surface area contributed by atoms with Crippen molar-refractivity contribution in [3.63, 3.8) is 0 Å². The van der Waals surface area contributed by atoms with Gasteiger partial charge in [0.15, 0.2) is 13.2 Å². The molecule has 0 amide bonds. The molecule has 0 radical (unpaired) electrons. The van der Waals surface area contributed by atoms with Gasteiger partial charge in [0.1, 0.15) is 0 Å². The van der Waals surface area contributed by atoms with Gasteiger partial charge in [-0.15, -0.1) is 0 Å². The summed E-state index contributed by atoms with van der Waals surface area (Å²) in [4.78, 5) is 10.6. The minimum absolute atomic E-state index is 0.159. The van der Waals surface area contributed by atoms with Crippen LogP contribution >= 0.6 is 0 Å². The molecule has 5 rings (SSSR count). The second-order valence-corrected chi connectivity index (χ2v) is 10.7. The molecular weight excluding hydrogens is 631 g/mol. The summed E-state index contributed by atoms with van der Waals surface area (Å²) in [5, 5.41) is 21.4. The Morgan fingerprint density at radius 3 is 1.24 bits per heavy atom. The molecular formula is C40H49BN2O7. The summed E-state index contributed by atoms with van der Waals surface area (Å²) in [6.45, 7) is 10.5. The molecule has 0 aliphatic carbocycles. The molecule has 3 aromatic carbocycles. The van der Waals surface area contributed by atoms with Crippen LogP contribution in [0.1, 0.15) is 57.2 Å². The van der Waals surface area contributed by atoms with E-state index in [0.717, 1.165) is 18.2 Å². The van der Waals surface area contributed by atoms with Crippen molar-refractivity contribution < 1.29 is 43.3 Å². The van der Waals surface area contributed by atoms with E-state index in [-0.39, 0.29) is 12.0 Å². The van der Waals surface area contributed by atoms with Crippen molar-refractivity contribution >= 4 is 7.32 Å². The van der Waals surface area contributed by atoms with Crippen LogP contribution < -0.4 is 38.7 Å². The SMILES string of the molecule is CCOc1cccc[n+]1OCC.CCOc1cccc[n+]1OCC.[O-]B([O-])OCCCC(c1ccccc1)(c1ccccc1)c1ccccc1. The number of hydrogen-bond acceptors (Lipinski definition) is 7. The molecule has 10 heteroatoms. The average molecular weight is 681 g/mol. The Kier molecular flexibility index (Phi) is 17.9. The molecule has 5 aromatic rings. The van der Waals surface area contributed by atoms with Crippen LogP contribution in [0.5, 0.6) is 11.8 Å². The van der Waals surface area contributed by atoms with Gasteiger partial charge in [-0.2, -0.15) is 0 Å². The van der Waals surface area contributed by atoms with E-state index >= 15 is 0 Å². The molecule has 0 saturated heterocycles. The summed E-state index contributed by atoms with van der Waals surface area (Å²) in [6.07, 6.45) is 5.00. The van der Waals surface area contributed by atoms with Gasteiger partial charge in [0.05, 0.1) is 32.7 Å². The molecule has 0 N–H and O–H groups in total. The Labute approximate surface area is 297 Å². The predicted octanol–water partition coefficient (Wildman–Crippen LogP) is 4.17. The van der Waals surface area contributed by atoms with Gasteiger partial charge in [-0.3, -0.25) is 9.68 Å². The van der Waals surface area contributed by atoms with E-state index in [1.54, 1.807) is 9.46 Å². The quantitative estimate of drug-likeness (QED) is 0.0668. The summed E-state index contributed by atoms with van der Waals surface area (Å²) in [6, 6.07) is 42.4. The highest BCUT2D eigenvalue weighted by molar-refractivity contribution is 6.28. The van der Waals surface area contributed by atoms with E-state index in [2.05, 4.69) is 36.4 Å². The molecule has 0 aliphatic rings. The zero-order valence-electron chi connectivity index (χ0n) is 29.6. The first-order chi connectivity index (χ1) is 24.5. The summed E-state index contributed by atoms with van der Waals surface area (Å²) in [7, 11) is -2.23. The van der Waals surface area contributed by atoms with Gasteiger partial charge in [0.2, 0.25) is 12.4 Å². The van der Waals surface area contributed by atoms with Crippen molar-refractivity contribution in [1.29, 1.82) is 0 Å². The van der Waals surface area contributed by atoms with E-state index in [0.29, 0.717) is 32.8 Å². The fourth-order valence-electron chi connectivity index (χ4n) is 5.45. The largest absolute Gasteiger partial charge is 0.871 e. The monoisotopic (exact) mass is 680 g/mol. The standard InChI is InChI=1S/C22H21BO3.2C9H14NO2/c24-23(25)26-18-10-17-22(19-11-4-1-5-12-19,20-13-6-2-7-14-20)21-15-8-3-9-16-21;2*1-3-11-9-7-5-6-8-10(9)12-4-2/h1-9,11-16H,10,17-18H2;2*5-8H,3-4H2,1-2H3/q-2;2*+1. The van der Waals surface area contributed by atoms with Crippen molar-refractivity contribution in [2.75, 3.05) is 33.0 Å². The highest BCUT2D eigenvalue weighted by Gasteiger charge is 2.35. The minimum atomic E-state index is -2.23.